The van der Waals surface area contributed by atoms with E-state index in [1.165, 1.54) is 30.3 Å². The first-order chi connectivity index (χ1) is 10.8. The Labute approximate surface area is 131 Å². The number of aromatic hydroxyl groups is 1. The first kappa shape index (κ1) is 18.9. The third-order valence-electron chi connectivity index (χ3n) is 3.09. The number of allylic oxidation sites excluding steroid dienone is 1. The summed E-state index contributed by atoms with van der Waals surface area (Å²) in [5.74, 6) is -2.48. The summed E-state index contributed by atoms with van der Waals surface area (Å²) in [5, 5.41) is 55.4. The molecule has 1 rings (SSSR count). The normalized spacial score (nSPS) is 16.7. The van der Waals surface area contributed by atoms with E-state index >= 15 is 0 Å². The third-order valence-corrected chi connectivity index (χ3v) is 3.09. The molecule has 1 aromatic rings. The molecule has 6 N–H and O–H groups in total. The van der Waals surface area contributed by atoms with Crippen LogP contribution in [0.3, 0.4) is 0 Å². The largest absolute Gasteiger partial charge is 0.508 e. The van der Waals surface area contributed by atoms with Crippen molar-refractivity contribution in [1.29, 1.82) is 0 Å². The van der Waals surface area contributed by atoms with E-state index in [0.29, 0.717) is 5.56 Å². The third kappa shape index (κ3) is 5.23. The highest BCUT2D eigenvalue weighted by molar-refractivity contribution is 6.43. The topological polar surface area (TPSA) is 156 Å². The van der Waals surface area contributed by atoms with Crippen molar-refractivity contribution >= 4 is 17.6 Å². The zero-order valence-corrected chi connectivity index (χ0v) is 12.0. The molecule has 0 amide bonds. The number of aliphatic hydroxyl groups is 5. The van der Waals surface area contributed by atoms with Gasteiger partial charge in [0.2, 0.25) is 11.6 Å². The van der Waals surface area contributed by atoms with Gasteiger partial charge in [0.05, 0.1) is 6.61 Å². The number of benzene rings is 1. The quantitative estimate of drug-likeness (QED) is 0.236. The second kappa shape index (κ2) is 8.51. The van der Waals surface area contributed by atoms with E-state index in [0.717, 1.165) is 6.08 Å². The number of carbonyl (C=O) groups excluding carboxylic acids is 2. The van der Waals surface area contributed by atoms with Crippen molar-refractivity contribution in [3.8, 4) is 5.75 Å². The van der Waals surface area contributed by atoms with E-state index in [9.17, 15) is 24.9 Å². The van der Waals surface area contributed by atoms with Gasteiger partial charge in [-0.15, -0.1) is 0 Å². The molecule has 4 atom stereocenters. The molecule has 0 unspecified atom stereocenters. The highest BCUT2D eigenvalue weighted by atomic mass is 16.4. The Bertz CT molecular complexity index is 565. The lowest BCUT2D eigenvalue weighted by atomic mass is 9.98. The zero-order chi connectivity index (χ0) is 17.6. The molecule has 0 radical (unpaired) electrons. The molecular weight excluding hydrogens is 308 g/mol. The van der Waals surface area contributed by atoms with Crippen molar-refractivity contribution in [2.75, 3.05) is 6.61 Å². The summed E-state index contributed by atoms with van der Waals surface area (Å²) in [6.45, 7) is -0.895. The number of hydrogen-bond donors (Lipinski definition) is 6. The van der Waals surface area contributed by atoms with Crippen LogP contribution in [0, 0.1) is 0 Å². The highest BCUT2D eigenvalue weighted by Gasteiger charge is 2.35. The van der Waals surface area contributed by atoms with Crippen LogP contribution in [0.2, 0.25) is 0 Å². The number of hydrogen-bond acceptors (Lipinski definition) is 8. The average Bonchev–Trinajstić information content (AvgIpc) is 2.57. The molecule has 8 heteroatoms. The smallest absolute Gasteiger partial charge is 0.233 e. The lowest BCUT2D eigenvalue weighted by molar-refractivity contribution is -0.152. The Hall–Kier alpha value is -2.10. The zero-order valence-electron chi connectivity index (χ0n) is 12.0. The van der Waals surface area contributed by atoms with Gasteiger partial charge in [-0.05, 0) is 23.8 Å². The van der Waals surface area contributed by atoms with Crippen LogP contribution in [0.4, 0.5) is 0 Å². The van der Waals surface area contributed by atoms with Crippen LogP contribution in [0.1, 0.15) is 5.56 Å². The van der Waals surface area contributed by atoms with Gasteiger partial charge in [-0.1, -0.05) is 18.2 Å². The summed E-state index contributed by atoms with van der Waals surface area (Å²) in [6, 6.07) is 5.71. The molecule has 0 bridgehead atoms. The van der Waals surface area contributed by atoms with Crippen molar-refractivity contribution in [3.63, 3.8) is 0 Å². The number of rotatable bonds is 8. The fraction of sp³-hybridized carbons (Fsp3) is 0.333. The van der Waals surface area contributed by atoms with Crippen LogP contribution in [-0.4, -0.2) is 73.2 Å². The highest BCUT2D eigenvalue weighted by Crippen LogP contribution is 2.11. The molecular formula is C15H18O8. The van der Waals surface area contributed by atoms with E-state index < -0.39 is 42.6 Å². The van der Waals surface area contributed by atoms with Crippen LogP contribution >= 0.6 is 0 Å². The lowest BCUT2D eigenvalue weighted by Crippen LogP contribution is -2.49. The minimum atomic E-state index is -2.25. The molecule has 23 heavy (non-hydrogen) atoms. The standard InChI is InChI=1S/C15H18O8/c16-7-11(19)13(21)15(23)14(22)12(20)10(18)6-3-8-1-4-9(17)5-2-8/h1-6,11,13-17,19,21-23H,7H2/b6-3-/t11-,13-,14+,15+/m1/s1. The summed E-state index contributed by atoms with van der Waals surface area (Å²) in [5.41, 5.74) is 0.509. The molecule has 0 aliphatic heterocycles. The van der Waals surface area contributed by atoms with Crippen LogP contribution in [-0.2, 0) is 9.59 Å². The minimum absolute atomic E-state index is 0.0273. The van der Waals surface area contributed by atoms with E-state index in [2.05, 4.69) is 0 Å². The van der Waals surface area contributed by atoms with Gasteiger partial charge in [0.1, 0.15) is 30.2 Å². The molecule has 1 aromatic carbocycles. The fourth-order valence-corrected chi connectivity index (χ4v) is 1.66. The molecule has 0 aromatic heterocycles. The van der Waals surface area contributed by atoms with Crippen LogP contribution in [0.25, 0.3) is 6.08 Å². The van der Waals surface area contributed by atoms with Crippen molar-refractivity contribution in [1.82, 2.24) is 0 Å². The Kier molecular flexibility index (Phi) is 7.01. The van der Waals surface area contributed by atoms with Gasteiger partial charge in [-0.25, -0.2) is 0 Å². The van der Waals surface area contributed by atoms with Crippen LogP contribution in [0.5, 0.6) is 5.75 Å². The number of carbonyl (C=O) groups is 2. The Balaban J connectivity index is 2.71. The summed E-state index contributed by atoms with van der Waals surface area (Å²) in [4.78, 5) is 23.3. The monoisotopic (exact) mass is 326 g/mol. The number of ketones is 2. The summed E-state index contributed by atoms with van der Waals surface area (Å²) >= 11 is 0. The lowest BCUT2D eigenvalue weighted by Gasteiger charge is -2.24. The summed E-state index contributed by atoms with van der Waals surface area (Å²) < 4.78 is 0. The van der Waals surface area contributed by atoms with E-state index in [1.54, 1.807) is 0 Å². The van der Waals surface area contributed by atoms with Gasteiger partial charge in [0, 0.05) is 0 Å². The van der Waals surface area contributed by atoms with Gasteiger partial charge < -0.3 is 30.6 Å². The molecule has 126 valence electrons. The van der Waals surface area contributed by atoms with E-state index in [-0.39, 0.29) is 5.75 Å². The average molecular weight is 326 g/mol. The molecule has 0 fully saturated rings. The SMILES string of the molecule is O=C(/C=C\c1ccc(O)cc1)C(=O)[C@H](O)[C@@H](O)[C@H](O)[C@H](O)CO. The Morgan fingerprint density at radius 1 is 1.00 bits per heavy atom. The number of Topliss-reactive ketones (excluding diaryl/α,β-unsaturated/α-hetero) is 1. The Morgan fingerprint density at radius 3 is 2.09 bits per heavy atom. The van der Waals surface area contributed by atoms with Crippen molar-refractivity contribution < 1.29 is 40.2 Å². The summed E-state index contributed by atoms with van der Waals surface area (Å²) in [7, 11) is 0. The number of aliphatic hydroxyl groups excluding tert-OH is 5. The first-order valence-electron chi connectivity index (χ1n) is 6.66. The van der Waals surface area contributed by atoms with Crippen molar-refractivity contribution in [2.24, 2.45) is 0 Å². The molecule has 8 nitrogen and oxygen atoms in total. The molecule has 0 aliphatic carbocycles. The predicted molar refractivity (Wildman–Crippen MR) is 78.3 cm³/mol. The van der Waals surface area contributed by atoms with Gasteiger partial charge in [-0.3, -0.25) is 9.59 Å². The molecule has 0 heterocycles. The molecule has 0 saturated heterocycles. The van der Waals surface area contributed by atoms with Gasteiger partial charge >= 0.3 is 0 Å². The predicted octanol–water partition coefficient (Wildman–Crippen LogP) is -2.02. The Morgan fingerprint density at radius 2 is 1.57 bits per heavy atom. The summed E-state index contributed by atoms with van der Waals surface area (Å²) in [6.07, 6.45) is -6.01. The maximum Gasteiger partial charge on any atom is 0.233 e. The maximum absolute atomic E-state index is 11.7. The first-order valence-corrected chi connectivity index (χ1v) is 6.66. The molecule has 0 saturated carbocycles. The van der Waals surface area contributed by atoms with Crippen molar-refractivity contribution in [3.05, 3.63) is 35.9 Å². The van der Waals surface area contributed by atoms with E-state index in [4.69, 9.17) is 15.3 Å². The van der Waals surface area contributed by atoms with Gasteiger partial charge in [0.15, 0.2) is 0 Å². The fourth-order valence-electron chi connectivity index (χ4n) is 1.66. The second-order valence-corrected chi connectivity index (χ2v) is 4.83. The van der Waals surface area contributed by atoms with Crippen LogP contribution < -0.4 is 0 Å². The molecule has 0 aliphatic rings. The van der Waals surface area contributed by atoms with Crippen molar-refractivity contribution in [2.45, 2.75) is 24.4 Å². The number of phenols is 1. The number of phenolic OH excluding ortho intramolecular Hbond substituents is 1. The van der Waals surface area contributed by atoms with Gasteiger partial charge in [0.25, 0.3) is 0 Å². The van der Waals surface area contributed by atoms with Gasteiger partial charge in [-0.2, -0.15) is 0 Å². The second-order valence-electron chi connectivity index (χ2n) is 4.83. The molecule has 0 spiro atoms. The van der Waals surface area contributed by atoms with E-state index in [1.807, 2.05) is 0 Å². The van der Waals surface area contributed by atoms with Crippen LogP contribution in [0.15, 0.2) is 30.3 Å². The minimum Gasteiger partial charge on any atom is -0.508 e. The maximum atomic E-state index is 11.7.